The Morgan fingerprint density at radius 1 is 0.917 bits per heavy atom. The first-order valence-electron chi connectivity index (χ1n) is 12.3. The molecule has 0 unspecified atom stereocenters. The Morgan fingerprint density at radius 2 is 1.67 bits per heavy atom. The Balaban J connectivity index is 1.27. The van der Waals surface area contributed by atoms with Gasteiger partial charge >= 0.3 is 5.97 Å². The number of benzene rings is 3. The molecule has 1 saturated heterocycles. The molecule has 36 heavy (non-hydrogen) atoms. The number of fused-ring (bicyclic) bond motifs is 1. The maximum absolute atomic E-state index is 11.3. The predicted octanol–water partition coefficient (Wildman–Crippen LogP) is 6.30. The van der Waals surface area contributed by atoms with E-state index >= 15 is 0 Å². The smallest absolute Gasteiger partial charge is 0.320 e. The van der Waals surface area contributed by atoms with Crippen molar-refractivity contribution in [3.8, 4) is 33.5 Å². The molecule has 1 atom stereocenters. The van der Waals surface area contributed by atoms with E-state index in [0.29, 0.717) is 6.54 Å². The summed E-state index contributed by atoms with van der Waals surface area (Å²) in [4.78, 5) is 18.0. The third kappa shape index (κ3) is 3.97. The normalized spacial score (nSPS) is 15.6. The van der Waals surface area contributed by atoms with E-state index in [4.69, 9.17) is 4.98 Å². The van der Waals surface area contributed by atoms with Gasteiger partial charge in [0.1, 0.15) is 11.7 Å². The van der Waals surface area contributed by atoms with Crippen molar-refractivity contribution in [2.45, 2.75) is 25.9 Å². The van der Waals surface area contributed by atoms with Crippen LogP contribution in [-0.2, 0) is 11.3 Å². The molecular formula is C31H27N3O2. The first-order valence-corrected chi connectivity index (χ1v) is 12.3. The Labute approximate surface area is 210 Å². The highest BCUT2D eigenvalue weighted by atomic mass is 16.4. The number of hydrogen-bond acceptors (Lipinski definition) is 3. The van der Waals surface area contributed by atoms with E-state index < -0.39 is 5.97 Å². The maximum Gasteiger partial charge on any atom is 0.320 e. The molecule has 6 rings (SSSR count). The monoisotopic (exact) mass is 473 g/mol. The molecule has 0 amide bonds. The van der Waals surface area contributed by atoms with Gasteiger partial charge in [-0.2, -0.15) is 0 Å². The third-order valence-electron chi connectivity index (χ3n) is 7.29. The molecule has 5 heteroatoms. The summed E-state index contributed by atoms with van der Waals surface area (Å²) >= 11 is 0. The molecule has 1 aliphatic heterocycles. The van der Waals surface area contributed by atoms with Crippen molar-refractivity contribution < 1.29 is 9.90 Å². The number of aromatic nitrogens is 2. The lowest BCUT2D eigenvalue weighted by atomic mass is 9.93. The van der Waals surface area contributed by atoms with Crippen molar-refractivity contribution in [1.29, 1.82) is 0 Å². The molecule has 3 aromatic carbocycles. The van der Waals surface area contributed by atoms with E-state index in [1.807, 2.05) is 17.2 Å². The van der Waals surface area contributed by atoms with Crippen molar-refractivity contribution >= 4 is 11.6 Å². The van der Waals surface area contributed by atoms with Crippen molar-refractivity contribution in [2.75, 3.05) is 6.54 Å². The second-order valence-electron chi connectivity index (χ2n) is 9.44. The summed E-state index contributed by atoms with van der Waals surface area (Å²) in [6.45, 7) is 3.68. The van der Waals surface area contributed by atoms with E-state index in [0.717, 1.165) is 41.0 Å². The molecule has 5 nitrogen and oxygen atoms in total. The van der Waals surface area contributed by atoms with Crippen LogP contribution in [-0.4, -0.2) is 37.9 Å². The van der Waals surface area contributed by atoms with Gasteiger partial charge in [-0.15, -0.1) is 0 Å². The zero-order valence-corrected chi connectivity index (χ0v) is 20.1. The third-order valence-corrected chi connectivity index (χ3v) is 7.29. The highest BCUT2D eigenvalue weighted by molar-refractivity contribution is 5.80. The average Bonchev–Trinajstić information content (AvgIpc) is 3.30. The molecule has 0 saturated carbocycles. The van der Waals surface area contributed by atoms with Crippen LogP contribution in [0.3, 0.4) is 0 Å². The Bertz CT molecular complexity index is 1550. The van der Waals surface area contributed by atoms with Gasteiger partial charge in [-0.3, -0.25) is 14.1 Å². The molecule has 1 aliphatic rings. The predicted molar refractivity (Wildman–Crippen MR) is 143 cm³/mol. The number of pyridine rings is 1. The molecule has 1 N–H and O–H groups in total. The molecule has 0 bridgehead atoms. The lowest BCUT2D eigenvalue weighted by molar-refractivity contribution is -0.148. The Morgan fingerprint density at radius 3 is 2.36 bits per heavy atom. The van der Waals surface area contributed by atoms with Gasteiger partial charge in [-0.1, -0.05) is 72.8 Å². The molecule has 3 heterocycles. The number of hydrogen-bond donors (Lipinski definition) is 1. The number of likely N-dealkylation sites (tertiary alicyclic amines) is 1. The number of carboxylic acid groups (broad SMARTS) is 1. The zero-order valence-electron chi connectivity index (χ0n) is 20.1. The van der Waals surface area contributed by atoms with Gasteiger partial charge in [-0.05, 0) is 58.9 Å². The lowest BCUT2D eigenvalue weighted by Crippen LogP contribution is -2.51. The first kappa shape index (κ1) is 22.3. The number of imidazole rings is 1. The Kier molecular flexibility index (Phi) is 5.62. The van der Waals surface area contributed by atoms with Gasteiger partial charge < -0.3 is 5.11 Å². The lowest BCUT2D eigenvalue weighted by Gasteiger charge is -2.37. The van der Waals surface area contributed by atoms with Crippen LogP contribution >= 0.6 is 0 Å². The highest BCUT2D eigenvalue weighted by Crippen LogP contribution is 2.33. The van der Waals surface area contributed by atoms with Crippen LogP contribution in [0.1, 0.15) is 17.5 Å². The van der Waals surface area contributed by atoms with Crippen molar-refractivity contribution in [2.24, 2.45) is 0 Å². The maximum atomic E-state index is 11.3. The summed E-state index contributed by atoms with van der Waals surface area (Å²) in [6, 6.07) is 29.2. The van der Waals surface area contributed by atoms with Gasteiger partial charge in [-0.25, -0.2) is 4.98 Å². The fourth-order valence-electron chi connectivity index (χ4n) is 5.17. The average molecular weight is 474 g/mol. The van der Waals surface area contributed by atoms with Crippen LogP contribution in [0.2, 0.25) is 0 Å². The first-order chi connectivity index (χ1) is 17.6. The zero-order chi connectivity index (χ0) is 24.6. The van der Waals surface area contributed by atoms with E-state index in [1.54, 1.807) is 0 Å². The standard InChI is InChI=1S/C31H27N3O2/c1-21-26(23-6-3-2-4-7-23)8-5-9-27(21)25-14-17-34-29(19-32-30(34)18-25)24-12-10-22(11-13-24)20-33-16-15-28(33)31(35)36/h2-14,17-19,28H,15-16,20H2,1H3,(H,35,36)/t28-/m0/s1. The Hall–Kier alpha value is -4.22. The summed E-state index contributed by atoms with van der Waals surface area (Å²) in [5.41, 5.74) is 10.2. The second-order valence-corrected chi connectivity index (χ2v) is 9.44. The molecule has 5 aromatic rings. The minimum absolute atomic E-state index is 0.352. The summed E-state index contributed by atoms with van der Waals surface area (Å²) in [5, 5.41) is 9.27. The fourth-order valence-corrected chi connectivity index (χ4v) is 5.17. The van der Waals surface area contributed by atoms with E-state index in [1.165, 1.54) is 22.3 Å². The van der Waals surface area contributed by atoms with Gasteiger partial charge in [0.15, 0.2) is 0 Å². The van der Waals surface area contributed by atoms with E-state index in [-0.39, 0.29) is 6.04 Å². The minimum atomic E-state index is -0.732. The van der Waals surface area contributed by atoms with Gasteiger partial charge in [0, 0.05) is 24.8 Å². The van der Waals surface area contributed by atoms with Crippen molar-refractivity contribution in [1.82, 2.24) is 14.3 Å². The van der Waals surface area contributed by atoms with Gasteiger partial charge in [0.25, 0.3) is 0 Å². The molecule has 2 aromatic heterocycles. The SMILES string of the molecule is Cc1c(-c2ccccc2)cccc1-c1ccn2c(-c3ccc(CN4CC[C@H]4C(=O)O)cc3)cnc2c1. The van der Waals surface area contributed by atoms with Crippen molar-refractivity contribution in [3.05, 3.63) is 108 Å². The van der Waals surface area contributed by atoms with Crippen molar-refractivity contribution in [3.63, 3.8) is 0 Å². The number of carbonyl (C=O) groups is 1. The number of carboxylic acids is 1. The molecule has 1 fully saturated rings. The molecular weight excluding hydrogens is 446 g/mol. The van der Waals surface area contributed by atoms with Crippen LogP contribution in [0.15, 0.2) is 97.3 Å². The van der Waals surface area contributed by atoms with Crippen LogP contribution in [0.4, 0.5) is 0 Å². The largest absolute Gasteiger partial charge is 0.480 e. The summed E-state index contributed by atoms with van der Waals surface area (Å²) in [7, 11) is 0. The number of nitrogens with zero attached hydrogens (tertiary/aromatic N) is 3. The van der Waals surface area contributed by atoms with Crippen LogP contribution in [0, 0.1) is 6.92 Å². The quantitative estimate of drug-likeness (QED) is 0.314. The minimum Gasteiger partial charge on any atom is -0.480 e. The fraction of sp³-hybridized carbons (Fsp3) is 0.161. The number of rotatable bonds is 6. The molecule has 0 radical (unpaired) electrons. The number of aliphatic carboxylic acids is 1. The van der Waals surface area contributed by atoms with Gasteiger partial charge in [0.2, 0.25) is 0 Å². The van der Waals surface area contributed by atoms with E-state index in [2.05, 4.69) is 96.4 Å². The molecule has 178 valence electrons. The van der Waals surface area contributed by atoms with Crippen LogP contribution < -0.4 is 0 Å². The summed E-state index contributed by atoms with van der Waals surface area (Å²) in [6.07, 6.45) is 4.73. The summed E-state index contributed by atoms with van der Waals surface area (Å²) < 4.78 is 2.12. The highest BCUT2D eigenvalue weighted by Gasteiger charge is 2.33. The second kappa shape index (κ2) is 9.10. The molecule has 0 spiro atoms. The summed E-state index contributed by atoms with van der Waals surface area (Å²) in [5.74, 6) is -0.732. The van der Waals surface area contributed by atoms with Gasteiger partial charge in [0.05, 0.1) is 11.9 Å². The topological polar surface area (TPSA) is 57.8 Å². The molecule has 0 aliphatic carbocycles. The van der Waals surface area contributed by atoms with Crippen LogP contribution in [0.25, 0.3) is 39.2 Å². The van der Waals surface area contributed by atoms with E-state index in [9.17, 15) is 9.90 Å². The van der Waals surface area contributed by atoms with Crippen LogP contribution in [0.5, 0.6) is 0 Å².